The second kappa shape index (κ2) is 5.26. The van der Waals surface area contributed by atoms with E-state index in [9.17, 15) is 4.39 Å². The van der Waals surface area contributed by atoms with Crippen LogP contribution in [-0.4, -0.2) is 17.0 Å². The van der Waals surface area contributed by atoms with Gasteiger partial charge in [0.2, 0.25) is 5.95 Å². The average molecular weight is 344 g/mol. The van der Waals surface area contributed by atoms with Crippen LogP contribution in [0.1, 0.15) is 0 Å². The third kappa shape index (κ3) is 3.02. The Balaban J connectivity index is 2.25. The van der Waals surface area contributed by atoms with E-state index in [0.717, 1.165) is 9.26 Å². The van der Waals surface area contributed by atoms with Crippen molar-refractivity contribution in [2.75, 3.05) is 17.7 Å². The second-order valence-corrected chi connectivity index (χ2v) is 4.43. The Morgan fingerprint density at radius 2 is 1.94 bits per heavy atom. The molecule has 0 unspecified atom stereocenters. The maximum atomic E-state index is 12.8. The average Bonchev–Trinajstić information content (AvgIpc) is 2.35. The molecule has 0 aliphatic carbocycles. The van der Waals surface area contributed by atoms with Crippen LogP contribution in [0.25, 0.3) is 0 Å². The summed E-state index contributed by atoms with van der Waals surface area (Å²) in [5.41, 5.74) is 0.782. The van der Waals surface area contributed by atoms with Gasteiger partial charge in [0.25, 0.3) is 0 Å². The van der Waals surface area contributed by atoms with Crippen molar-refractivity contribution in [2.24, 2.45) is 0 Å². The number of hydrogen-bond donors (Lipinski definition) is 2. The molecule has 0 aliphatic rings. The number of nitrogens with one attached hydrogen (secondary N) is 2. The van der Waals surface area contributed by atoms with Crippen LogP contribution >= 0.6 is 22.6 Å². The number of nitrogens with zero attached hydrogens (tertiary/aromatic N) is 2. The lowest BCUT2D eigenvalue weighted by molar-refractivity contribution is 0.628. The quantitative estimate of drug-likeness (QED) is 0.841. The molecular formula is C11H10FIN4. The smallest absolute Gasteiger partial charge is 0.224 e. The molecule has 17 heavy (non-hydrogen) atoms. The number of halogens is 2. The summed E-state index contributed by atoms with van der Waals surface area (Å²) in [6.07, 6.45) is 1.71. The molecule has 0 saturated carbocycles. The van der Waals surface area contributed by atoms with Crippen LogP contribution in [0, 0.1) is 9.39 Å². The zero-order valence-electron chi connectivity index (χ0n) is 9.04. The number of rotatable bonds is 3. The lowest BCUT2D eigenvalue weighted by Crippen LogP contribution is -2.02. The van der Waals surface area contributed by atoms with Crippen LogP contribution in [0.3, 0.4) is 0 Å². The second-order valence-electron chi connectivity index (χ2n) is 3.27. The van der Waals surface area contributed by atoms with Crippen molar-refractivity contribution in [1.82, 2.24) is 9.97 Å². The zero-order valence-corrected chi connectivity index (χ0v) is 11.2. The first-order chi connectivity index (χ1) is 8.19. The molecule has 6 heteroatoms. The standard InChI is InChI=1S/C11H10FIN4/c1-14-11-15-6-9(13)10(17-11)16-8-4-2-7(12)3-5-8/h2-6H,1H3,(H2,14,15,16,17). The fourth-order valence-corrected chi connectivity index (χ4v) is 1.64. The van der Waals surface area contributed by atoms with Gasteiger partial charge in [0.15, 0.2) is 0 Å². The molecule has 1 aromatic heterocycles. The van der Waals surface area contributed by atoms with Crippen LogP contribution < -0.4 is 10.6 Å². The van der Waals surface area contributed by atoms with Gasteiger partial charge in [-0.1, -0.05) is 0 Å². The molecule has 0 saturated heterocycles. The molecule has 0 aliphatic heterocycles. The molecule has 4 nitrogen and oxygen atoms in total. The topological polar surface area (TPSA) is 49.8 Å². The SMILES string of the molecule is CNc1ncc(I)c(Nc2ccc(F)cc2)n1. The summed E-state index contributed by atoms with van der Waals surface area (Å²) in [6, 6.07) is 6.11. The highest BCUT2D eigenvalue weighted by atomic mass is 127. The van der Waals surface area contributed by atoms with Gasteiger partial charge in [0, 0.05) is 18.9 Å². The minimum absolute atomic E-state index is 0.260. The van der Waals surface area contributed by atoms with Crippen LogP contribution in [0.4, 0.5) is 21.8 Å². The van der Waals surface area contributed by atoms with Gasteiger partial charge in [-0.3, -0.25) is 0 Å². The van der Waals surface area contributed by atoms with E-state index in [4.69, 9.17) is 0 Å². The van der Waals surface area contributed by atoms with Crippen molar-refractivity contribution in [1.29, 1.82) is 0 Å². The van der Waals surface area contributed by atoms with Crippen molar-refractivity contribution < 1.29 is 4.39 Å². The van der Waals surface area contributed by atoms with Crippen LogP contribution in [0.5, 0.6) is 0 Å². The summed E-state index contributed by atoms with van der Waals surface area (Å²) in [6.45, 7) is 0. The van der Waals surface area contributed by atoms with Crippen molar-refractivity contribution in [3.05, 3.63) is 39.8 Å². The third-order valence-electron chi connectivity index (χ3n) is 2.07. The van der Waals surface area contributed by atoms with Crippen LogP contribution in [0.2, 0.25) is 0 Å². The molecule has 1 aromatic carbocycles. The predicted molar refractivity (Wildman–Crippen MR) is 74.0 cm³/mol. The molecule has 0 spiro atoms. The monoisotopic (exact) mass is 344 g/mol. The van der Waals surface area contributed by atoms with Crippen molar-refractivity contribution >= 4 is 40.0 Å². The number of hydrogen-bond acceptors (Lipinski definition) is 4. The molecule has 1 heterocycles. The number of anilines is 3. The highest BCUT2D eigenvalue weighted by Gasteiger charge is 2.04. The van der Waals surface area contributed by atoms with Gasteiger partial charge in [0.1, 0.15) is 11.6 Å². The molecule has 0 atom stereocenters. The van der Waals surface area contributed by atoms with Crippen LogP contribution in [0.15, 0.2) is 30.5 Å². The first kappa shape index (κ1) is 12.0. The molecule has 0 fully saturated rings. The number of benzene rings is 1. The molecule has 0 radical (unpaired) electrons. The summed E-state index contributed by atoms with van der Waals surface area (Å²) < 4.78 is 13.7. The molecule has 2 N–H and O–H groups in total. The molecule has 88 valence electrons. The van der Waals surface area contributed by atoms with Gasteiger partial charge < -0.3 is 10.6 Å². The Morgan fingerprint density at radius 3 is 2.59 bits per heavy atom. The molecule has 2 aromatic rings. The summed E-state index contributed by atoms with van der Waals surface area (Å²) >= 11 is 2.14. The van der Waals surface area contributed by atoms with Gasteiger partial charge in [-0.2, -0.15) is 4.98 Å². The van der Waals surface area contributed by atoms with E-state index in [0.29, 0.717) is 11.8 Å². The van der Waals surface area contributed by atoms with Crippen molar-refractivity contribution in [3.63, 3.8) is 0 Å². The normalized spacial score (nSPS) is 10.1. The Hall–Kier alpha value is -1.44. The summed E-state index contributed by atoms with van der Waals surface area (Å²) in [5.74, 6) is 0.968. The summed E-state index contributed by atoms with van der Waals surface area (Å²) in [4.78, 5) is 8.36. The van der Waals surface area contributed by atoms with Gasteiger partial charge in [-0.25, -0.2) is 9.37 Å². The first-order valence-corrected chi connectivity index (χ1v) is 6.00. The Kier molecular flexibility index (Phi) is 3.72. The third-order valence-corrected chi connectivity index (χ3v) is 2.86. The first-order valence-electron chi connectivity index (χ1n) is 4.92. The summed E-state index contributed by atoms with van der Waals surface area (Å²) in [5, 5.41) is 5.97. The largest absolute Gasteiger partial charge is 0.357 e. The Morgan fingerprint density at radius 1 is 1.24 bits per heavy atom. The van der Waals surface area contributed by atoms with E-state index >= 15 is 0 Å². The van der Waals surface area contributed by atoms with Gasteiger partial charge >= 0.3 is 0 Å². The van der Waals surface area contributed by atoms with E-state index < -0.39 is 0 Å². The van der Waals surface area contributed by atoms with Gasteiger partial charge in [0.05, 0.1) is 3.57 Å². The van der Waals surface area contributed by atoms with E-state index in [-0.39, 0.29) is 5.82 Å². The molecule has 2 rings (SSSR count). The predicted octanol–water partition coefficient (Wildman–Crippen LogP) is 3.01. The highest BCUT2D eigenvalue weighted by molar-refractivity contribution is 14.1. The lowest BCUT2D eigenvalue weighted by atomic mass is 10.3. The maximum Gasteiger partial charge on any atom is 0.224 e. The minimum Gasteiger partial charge on any atom is -0.357 e. The van der Waals surface area contributed by atoms with E-state index in [2.05, 4.69) is 43.2 Å². The van der Waals surface area contributed by atoms with E-state index in [1.54, 1.807) is 25.4 Å². The minimum atomic E-state index is -0.260. The molecule has 0 bridgehead atoms. The number of aromatic nitrogens is 2. The van der Waals surface area contributed by atoms with E-state index in [1.165, 1.54) is 12.1 Å². The molecule has 0 amide bonds. The van der Waals surface area contributed by atoms with Gasteiger partial charge in [-0.15, -0.1) is 0 Å². The molecular weight excluding hydrogens is 334 g/mol. The lowest BCUT2D eigenvalue weighted by Gasteiger charge is -2.08. The fourth-order valence-electron chi connectivity index (χ4n) is 1.25. The van der Waals surface area contributed by atoms with E-state index in [1.807, 2.05) is 0 Å². The van der Waals surface area contributed by atoms with Crippen molar-refractivity contribution in [3.8, 4) is 0 Å². The van der Waals surface area contributed by atoms with Gasteiger partial charge in [-0.05, 0) is 46.9 Å². The van der Waals surface area contributed by atoms with Crippen LogP contribution in [-0.2, 0) is 0 Å². The highest BCUT2D eigenvalue weighted by Crippen LogP contribution is 2.21. The Labute approximate surface area is 112 Å². The summed E-state index contributed by atoms with van der Waals surface area (Å²) in [7, 11) is 1.75. The Bertz CT molecular complexity index is 515. The van der Waals surface area contributed by atoms with Crippen molar-refractivity contribution in [2.45, 2.75) is 0 Å². The maximum absolute atomic E-state index is 12.8. The zero-order chi connectivity index (χ0) is 12.3. The fraction of sp³-hybridized carbons (Fsp3) is 0.0909.